The molecule has 18 heavy (non-hydrogen) atoms. The van der Waals surface area contributed by atoms with Crippen molar-refractivity contribution in [1.29, 1.82) is 0 Å². The van der Waals surface area contributed by atoms with Crippen LogP contribution in [0.1, 0.15) is 0 Å². The van der Waals surface area contributed by atoms with Gasteiger partial charge in [0.2, 0.25) is 0 Å². The van der Waals surface area contributed by atoms with Crippen LogP contribution in [0.15, 0.2) is 18.2 Å². The van der Waals surface area contributed by atoms with Gasteiger partial charge < -0.3 is 20.1 Å². The largest absolute Gasteiger partial charge is 0.494 e. The molecular weight excluding hydrogens is 239 g/mol. The molecule has 1 atom stereocenters. The zero-order valence-corrected chi connectivity index (χ0v) is 10.1. The Morgan fingerprint density at radius 1 is 1.61 bits per heavy atom. The van der Waals surface area contributed by atoms with E-state index in [4.69, 9.17) is 15.2 Å². The SMILES string of the molecule is COc1ccc(N2CC(CN)OCC2=O)cc1F. The van der Waals surface area contributed by atoms with Gasteiger partial charge in [0, 0.05) is 18.3 Å². The summed E-state index contributed by atoms with van der Waals surface area (Å²) in [4.78, 5) is 13.2. The summed E-state index contributed by atoms with van der Waals surface area (Å²) >= 11 is 0. The summed E-state index contributed by atoms with van der Waals surface area (Å²) in [5.41, 5.74) is 5.99. The van der Waals surface area contributed by atoms with E-state index in [-0.39, 0.29) is 24.4 Å². The van der Waals surface area contributed by atoms with Crippen LogP contribution < -0.4 is 15.4 Å². The van der Waals surface area contributed by atoms with Gasteiger partial charge in [-0.3, -0.25) is 4.79 Å². The van der Waals surface area contributed by atoms with Crippen molar-refractivity contribution in [1.82, 2.24) is 0 Å². The van der Waals surface area contributed by atoms with Gasteiger partial charge in [0.25, 0.3) is 5.91 Å². The number of hydrogen-bond donors (Lipinski definition) is 1. The quantitative estimate of drug-likeness (QED) is 0.854. The minimum Gasteiger partial charge on any atom is -0.494 e. The average molecular weight is 254 g/mol. The van der Waals surface area contributed by atoms with Crippen LogP contribution in [0.4, 0.5) is 10.1 Å². The Balaban J connectivity index is 2.23. The third-order valence-corrected chi connectivity index (χ3v) is 2.84. The van der Waals surface area contributed by atoms with E-state index in [2.05, 4.69) is 0 Å². The second kappa shape index (κ2) is 5.32. The number of rotatable bonds is 3. The highest BCUT2D eigenvalue weighted by atomic mass is 19.1. The molecule has 0 saturated carbocycles. The Hall–Kier alpha value is -1.66. The summed E-state index contributed by atoms with van der Waals surface area (Å²) < 4.78 is 23.7. The molecule has 0 radical (unpaired) electrons. The molecule has 1 heterocycles. The molecule has 1 amide bonds. The van der Waals surface area contributed by atoms with Crippen LogP contribution in [0, 0.1) is 5.82 Å². The van der Waals surface area contributed by atoms with Gasteiger partial charge in [-0.2, -0.15) is 0 Å². The maximum Gasteiger partial charge on any atom is 0.253 e. The van der Waals surface area contributed by atoms with Gasteiger partial charge in [0.05, 0.1) is 19.8 Å². The zero-order chi connectivity index (χ0) is 13.1. The molecular formula is C12H15FN2O3. The molecule has 1 saturated heterocycles. The van der Waals surface area contributed by atoms with Crippen LogP contribution in [0.5, 0.6) is 5.75 Å². The summed E-state index contributed by atoms with van der Waals surface area (Å²) in [7, 11) is 1.39. The van der Waals surface area contributed by atoms with Gasteiger partial charge >= 0.3 is 0 Å². The molecule has 0 aromatic heterocycles. The summed E-state index contributed by atoms with van der Waals surface area (Å²) in [6, 6.07) is 4.40. The summed E-state index contributed by atoms with van der Waals surface area (Å²) in [6.07, 6.45) is -0.215. The monoisotopic (exact) mass is 254 g/mol. The van der Waals surface area contributed by atoms with Crippen molar-refractivity contribution in [3.63, 3.8) is 0 Å². The van der Waals surface area contributed by atoms with Crippen molar-refractivity contribution in [3.05, 3.63) is 24.0 Å². The number of morpholine rings is 1. The van der Waals surface area contributed by atoms with Crippen LogP contribution >= 0.6 is 0 Å². The number of carbonyl (C=O) groups excluding carboxylic acids is 1. The fourth-order valence-electron chi connectivity index (χ4n) is 1.84. The fourth-order valence-corrected chi connectivity index (χ4v) is 1.84. The molecule has 1 aliphatic heterocycles. The van der Waals surface area contributed by atoms with Crippen LogP contribution in [-0.2, 0) is 9.53 Å². The second-order valence-corrected chi connectivity index (χ2v) is 3.99. The minimum absolute atomic E-state index is 0.0322. The Labute approximate surface area is 104 Å². The predicted molar refractivity (Wildman–Crippen MR) is 64.1 cm³/mol. The number of amides is 1. The van der Waals surface area contributed by atoms with E-state index in [0.717, 1.165) is 0 Å². The molecule has 98 valence electrons. The summed E-state index contributed by atoms with van der Waals surface area (Å²) in [6.45, 7) is 0.624. The smallest absolute Gasteiger partial charge is 0.253 e. The molecule has 0 spiro atoms. The number of anilines is 1. The van der Waals surface area contributed by atoms with Crippen LogP contribution in [0.2, 0.25) is 0 Å². The van der Waals surface area contributed by atoms with Crippen molar-refractivity contribution in [2.45, 2.75) is 6.10 Å². The Morgan fingerprint density at radius 2 is 2.39 bits per heavy atom. The standard InChI is InChI=1S/C12H15FN2O3/c1-17-11-3-2-8(4-10(11)13)15-6-9(5-14)18-7-12(15)16/h2-4,9H,5-7,14H2,1H3. The molecule has 1 unspecified atom stereocenters. The predicted octanol–water partition coefficient (Wildman–Crippen LogP) is 0.525. The summed E-state index contributed by atoms with van der Waals surface area (Å²) in [5.74, 6) is -0.558. The van der Waals surface area contributed by atoms with E-state index >= 15 is 0 Å². The highest BCUT2D eigenvalue weighted by Crippen LogP contribution is 2.25. The molecule has 1 aliphatic rings. The van der Waals surface area contributed by atoms with Crippen LogP contribution in [0.25, 0.3) is 0 Å². The van der Waals surface area contributed by atoms with E-state index in [1.165, 1.54) is 24.1 Å². The third kappa shape index (κ3) is 2.44. The Bertz CT molecular complexity index is 453. The number of hydrogen-bond acceptors (Lipinski definition) is 4. The van der Waals surface area contributed by atoms with E-state index in [1.54, 1.807) is 6.07 Å². The normalized spacial score (nSPS) is 20.1. The number of ether oxygens (including phenoxy) is 2. The Morgan fingerprint density at radius 3 is 3.00 bits per heavy atom. The molecule has 1 aromatic carbocycles. The van der Waals surface area contributed by atoms with E-state index in [1.807, 2.05) is 0 Å². The number of halogens is 1. The molecule has 0 aliphatic carbocycles. The average Bonchev–Trinajstić information content (AvgIpc) is 2.39. The van der Waals surface area contributed by atoms with Gasteiger partial charge in [-0.15, -0.1) is 0 Å². The molecule has 0 bridgehead atoms. The van der Waals surface area contributed by atoms with Crippen molar-refractivity contribution in [3.8, 4) is 5.75 Å². The van der Waals surface area contributed by atoms with Gasteiger partial charge in [-0.1, -0.05) is 0 Å². The maximum absolute atomic E-state index is 13.6. The lowest BCUT2D eigenvalue weighted by atomic mass is 10.2. The van der Waals surface area contributed by atoms with Crippen LogP contribution in [-0.4, -0.2) is 38.8 Å². The first-order chi connectivity index (χ1) is 8.65. The van der Waals surface area contributed by atoms with Crippen molar-refractivity contribution >= 4 is 11.6 Å². The second-order valence-electron chi connectivity index (χ2n) is 3.99. The van der Waals surface area contributed by atoms with Gasteiger partial charge in [0.1, 0.15) is 6.61 Å². The molecule has 2 N–H and O–H groups in total. The highest BCUT2D eigenvalue weighted by Gasteiger charge is 2.27. The number of nitrogens with zero attached hydrogens (tertiary/aromatic N) is 1. The third-order valence-electron chi connectivity index (χ3n) is 2.84. The topological polar surface area (TPSA) is 64.8 Å². The highest BCUT2D eigenvalue weighted by molar-refractivity contribution is 5.95. The lowest BCUT2D eigenvalue weighted by Gasteiger charge is -2.32. The number of carbonyl (C=O) groups is 1. The summed E-state index contributed by atoms with van der Waals surface area (Å²) in [5, 5.41) is 0. The fraction of sp³-hybridized carbons (Fsp3) is 0.417. The number of nitrogens with two attached hydrogens (primary N) is 1. The van der Waals surface area contributed by atoms with Crippen molar-refractivity contribution in [2.75, 3.05) is 31.7 Å². The van der Waals surface area contributed by atoms with Crippen LogP contribution in [0.3, 0.4) is 0 Å². The number of methoxy groups -OCH3 is 1. The first-order valence-corrected chi connectivity index (χ1v) is 5.61. The van der Waals surface area contributed by atoms with E-state index in [0.29, 0.717) is 18.8 Å². The van der Waals surface area contributed by atoms with Gasteiger partial charge in [0.15, 0.2) is 11.6 Å². The van der Waals surface area contributed by atoms with E-state index < -0.39 is 5.82 Å². The lowest BCUT2D eigenvalue weighted by Crippen LogP contribution is -2.49. The minimum atomic E-state index is -0.501. The Kier molecular flexibility index (Phi) is 3.78. The molecule has 1 fully saturated rings. The van der Waals surface area contributed by atoms with Gasteiger partial charge in [-0.25, -0.2) is 4.39 Å². The molecule has 6 heteroatoms. The maximum atomic E-state index is 13.6. The van der Waals surface area contributed by atoms with Crippen molar-refractivity contribution < 1.29 is 18.7 Å². The number of benzene rings is 1. The van der Waals surface area contributed by atoms with Crippen molar-refractivity contribution in [2.24, 2.45) is 5.73 Å². The molecule has 2 rings (SSSR count). The lowest BCUT2D eigenvalue weighted by molar-refractivity contribution is -0.128. The first-order valence-electron chi connectivity index (χ1n) is 5.61. The van der Waals surface area contributed by atoms with Gasteiger partial charge in [-0.05, 0) is 12.1 Å². The van der Waals surface area contributed by atoms with E-state index in [9.17, 15) is 9.18 Å². The molecule has 5 nitrogen and oxygen atoms in total. The first kappa shape index (κ1) is 12.8. The molecule has 1 aromatic rings. The zero-order valence-electron chi connectivity index (χ0n) is 10.1.